The van der Waals surface area contributed by atoms with Crippen LogP contribution in [-0.2, 0) is 0 Å². The summed E-state index contributed by atoms with van der Waals surface area (Å²) in [5.74, 6) is 1.93. The van der Waals surface area contributed by atoms with Gasteiger partial charge < -0.3 is 16.8 Å². The summed E-state index contributed by atoms with van der Waals surface area (Å²) < 4.78 is 0. The Balaban J connectivity index is 1.45. The molecule has 3 atom stereocenters. The summed E-state index contributed by atoms with van der Waals surface area (Å²) in [7, 11) is 0. The van der Waals surface area contributed by atoms with E-state index in [-0.39, 0.29) is 5.96 Å². The quantitative estimate of drug-likeness (QED) is 0.137. The van der Waals surface area contributed by atoms with E-state index in [4.69, 9.17) is 11.5 Å². The maximum absolute atomic E-state index is 5.76. The van der Waals surface area contributed by atoms with E-state index < -0.39 is 0 Å². The number of unbranched alkanes of at least 4 members (excludes halogenated alkanes) is 5. The van der Waals surface area contributed by atoms with E-state index in [1.54, 1.807) is 0 Å². The number of nitrogens with zero attached hydrogens (tertiary/aromatic N) is 1. The Morgan fingerprint density at radius 3 is 2.06 bits per heavy atom. The minimum Gasteiger partial charge on any atom is -0.370 e. The first-order valence-electron chi connectivity index (χ1n) is 14.5. The molecule has 194 valence electrons. The van der Waals surface area contributed by atoms with Crippen molar-refractivity contribution in [3.8, 4) is 0 Å². The first kappa shape index (κ1) is 28.5. The summed E-state index contributed by atoms with van der Waals surface area (Å²) in [6, 6.07) is 0.321. The Bertz CT molecular complexity index is 550. The molecule has 2 saturated carbocycles. The van der Waals surface area contributed by atoms with E-state index in [0.717, 1.165) is 18.9 Å². The summed E-state index contributed by atoms with van der Waals surface area (Å²) >= 11 is 0. The van der Waals surface area contributed by atoms with Crippen molar-refractivity contribution in [1.29, 1.82) is 0 Å². The average Bonchev–Trinajstić information content (AvgIpc) is 2.72. The highest BCUT2D eigenvalue weighted by Gasteiger charge is 2.32. The highest BCUT2D eigenvalue weighted by molar-refractivity contribution is 5.75. The predicted molar refractivity (Wildman–Crippen MR) is 145 cm³/mol. The van der Waals surface area contributed by atoms with Crippen molar-refractivity contribution in [2.75, 3.05) is 13.1 Å². The van der Waals surface area contributed by atoms with Crippen molar-refractivity contribution in [2.24, 2.45) is 39.1 Å². The zero-order chi connectivity index (χ0) is 24.2. The van der Waals surface area contributed by atoms with Crippen LogP contribution in [0.4, 0.5) is 0 Å². The van der Waals surface area contributed by atoms with Gasteiger partial charge >= 0.3 is 0 Å². The highest BCUT2D eigenvalue weighted by atomic mass is 15.0. The third kappa shape index (κ3) is 12.5. The fourth-order valence-electron chi connectivity index (χ4n) is 6.73. The Morgan fingerprint density at radius 2 is 1.42 bits per heavy atom. The van der Waals surface area contributed by atoms with Crippen molar-refractivity contribution in [3.05, 3.63) is 0 Å². The fourth-order valence-corrected chi connectivity index (χ4v) is 6.73. The largest absolute Gasteiger partial charge is 0.370 e. The second-order valence-electron chi connectivity index (χ2n) is 13.1. The predicted octanol–water partition coefficient (Wildman–Crippen LogP) is 7.16. The molecule has 2 aliphatic carbocycles. The van der Waals surface area contributed by atoms with Gasteiger partial charge in [-0.3, -0.25) is 4.99 Å². The van der Waals surface area contributed by atoms with E-state index in [9.17, 15) is 0 Å². The molecule has 2 fully saturated rings. The second-order valence-corrected chi connectivity index (χ2v) is 13.1. The monoisotopic (exact) mass is 462 g/mol. The van der Waals surface area contributed by atoms with Crippen LogP contribution in [-0.4, -0.2) is 25.1 Å². The van der Waals surface area contributed by atoms with Crippen LogP contribution in [0.5, 0.6) is 0 Å². The van der Waals surface area contributed by atoms with Crippen molar-refractivity contribution >= 4 is 5.96 Å². The molecule has 4 nitrogen and oxygen atoms in total. The van der Waals surface area contributed by atoms with E-state index >= 15 is 0 Å². The minimum atomic E-state index is 0.271. The van der Waals surface area contributed by atoms with Crippen molar-refractivity contribution in [1.82, 2.24) is 5.32 Å². The summed E-state index contributed by atoms with van der Waals surface area (Å²) in [5.41, 5.74) is 12.6. The molecule has 2 aliphatic rings. The van der Waals surface area contributed by atoms with Crippen molar-refractivity contribution in [3.63, 3.8) is 0 Å². The van der Waals surface area contributed by atoms with Gasteiger partial charge in [-0.2, -0.15) is 0 Å². The number of nitrogens with two attached hydrogens (primary N) is 2. The van der Waals surface area contributed by atoms with Gasteiger partial charge in [-0.1, -0.05) is 85.5 Å². The molecule has 33 heavy (non-hydrogen) atoms. The Kier molecular flexibility index (Phi) is 12.6. The standard InChI is InChI=1S/C29H58N4/c1-28(2)18-12-15-24(22-28)14-8-5-6-10-20-32-21-11-7-9-17-26(33-27(30)31)25-16-13-19-29(3,4)23-25/h24-26,32H,5-23H2,1-4H3,(H4,30,31,33). The molecular formula is C29H58N4. The average molecular weight is 463 g/mol. The van der Waals surface area contributed by atoms with Crippen LogP contribution in [0.1, 0.15) is 137 Å². The maximum Gasteiger partial charge on any atom is 0.186 e. The first-order valence-corrected chi connectivity index (χ1v) is 14.5. The van der Waals surface area contributed by atoms with Crippen LogP contribution in [0.3, 0.4) is 0 Å². The van der Waals surface area contributed by atoms with Crippen LogP contribution in [0.15, 0.2) is 4.99 Å². The van der Waals surface area contributed by atoms with Crippen LogP contribution in [0, 0.1) is 22.7 Å². The maximum atomic E-state index is 5.76. The highest BCUT2D eigenvalue weighted by Crippen LogP contribution is 2.42. The molecule has 2 rings (SSSR count). The molecule has 0 saturated heterocycles. The van der Waals surface area contributed by atoms with Gasteiger partial charge in [0.2, 0.25) is 0 Å². The first-order chi connectivity index (χ1) is 15.7. The summed E-state index contributed by atoms with van der Waals surface area (Å²) in [6.07, 6.45) is 23.0. The molecule has 5 N–H and O–H groups in total. The zero-order valence-electron chi connectivity index (χ0n) is 22.8. The molecule has 0 radical (unpaired) electrons. The Hall–Kier alpha value is -0.770. The second kappa shape index (κ2) is 14.6. The molecule has 4 heteroatoms. The van der Waals surface area contributed by atoms with Gasteiger partial charge in [-0.15, -0.1) is 0 Å². The lowest BCUT2D eigenvalue weighted by Crippen LogP contribution is -2.33. The lowest BCUT2D eigenvalue weighted by Gasteiger charge is -2.38. The van der Waals surface area contributed by atoms with Gasteiger partial charge in [0.1, 0.15) is 0 Å². The molecular weight excluding hydrogens is 404 g/mol. The van der Waals surface area contributed by atoms with E-state index in [1.165, 1.54) is 109 Å². The van der Waals surface area contributed by atoms with Gasteiger partial charge in [0.15, 0.2) is 5.96 Å². The fraction of sp³-hybridized carbons (Fsp3) is 0.966. The lowest BCUT2D eigenvalue weighted by molar-refractivity contribution is 0.156. The molecule has 0 aromatic heterocycles. The Labute approximate surface area is 206 Å². The smallest absolute Gasteiger partial charge is 0.186 e. The van der Waals surface area contributed by atoms with Crippen LogP contribution < -0.4 is 16.8 Å². The van der Waals surface area contributed by atoms with E-state index in [1.807, 2.05) is 0 Å². The Morgan fingerprint density at radius 1 is 0.818 bits per heavy atom. The molecule has 3 unspecified atom stereocenters. The number of guanidine groups is 1. The topological polar surface area (TPSA) is 76.4 Å². The molecule has 0 spiro atoms. The molecule has 0 aliphatic heterocycles. The SMILES string of the molecule is CC1(C)CCCC(CCCCCCNCCCCCC(N=C(N)N)C2CCCC(C)(C)C2)C1. The van der Waals surface area contributed by atoms with Crippen molar-refractivity contribution in [2.45, 2.75) is 143 Å². The van der Waals surface area contributed by atoms with E-state index in [2.05, 4.69) is 38.0 Å². The molecule has 0 heterocycles. The minimum absolute atomic E-state index is 0.271. The number of hydrogen-bond donors (Lipinski definition) is 3. The zero-order valence-corrected chi connectivity index (χ0v) is 22.8. The van der Waals surface area contributed by atoms with Gasteiger partial charge in [0, 0.05) is 0 Å². The van der Waals surface area contributed by atoms with Crippen LogP contribution >= 0.6 is 0 Å². The summed E-state index contributed by atoms with van der Waals surface area (Å²) in [4.78, 5) is 4.64. The van der Waals surface area contributed by atoms with Gasteiger partial charge in [-0.05, 0) is 87.1 Å². The number of rotatable bonds is 15. The molecule has 0 amide bonds. The number of hydrogen-bond acceptors (Lipinski definition) is 2. The normalized spacial score (nSPS) is 25.5. The third-order valence-corrected chi connectivity index (χ3v) is 8.48. The lowest BCUT2D eigenvalue weighted by atomic mass is 9.69. The summed E-state index contributed by atoms with van der Waals surface area (Å²) in [5, 5.41) is 3.66. The summed E-state index contributed by atoms with van der Waals surface area (Å²) in [6.45, 7) is 12.1. The van der Waals surface area contributed by atoms with Crippen LogP contribution in [0.25, 0.3) is 0 Å². The molecule has 0 bridgehead atoms. The van der Waals surface area contributed by atoms with Crippen LogP contribution in [0.2, 0.25) is 0 Å². The number of nitrogens with one attached hydrogen (secondary N) is 1. The molecule has 0 aromatic carbocycles. The third-order valence-electron chi connectivity index (χ3n) is 8.48. The van der Waals surface area contributed by atoms with Crippen molar-refractivity contribution < 1.29 is 0 Å². The number of aliphatic imine (C=N–C) groups is 1. The van der Waals surface area contributed by atoms with Gasteiger partial charge in [0.25, 0.3) is 0 Å². The van der Waals surface area contributed by atoms with Gasteiger partial charge in [-0.25, -0.2) is 0 Å². The van der Waals surface area contributed by atoms with E-state index in [0.29, 0.717) is 22.8 Å². The molecule has 0 aromatic rings. The van der Waals surface area contributed by atoms with Gasteiger partial charge in [0.05, 0.1) is 6.04 Å².